The van der Waals surface area contributed by atoms with E-state index in [0.717, 1.165) is 61.6 Å². The molecule has 13 heteroatoms. The zero-order valence-corrected chi connectivity index (χ0v) is 20.5. The molecule has 1 aliphatic carbocycles. The molecular formula is C23H29F3N6O3S. The van der Waals surface area contributed by atoms with E-state index in [1.165, 1.54) is 0 Å². The number of carbonyl (C=O) groups is 1. The SMILES string of the molecule is O=C(N1CCC(NS(=O)(=O)c2ccc(C(F)(F)F)cc2)CC1)N1CCC(c2nnc(C3CC3)[nH]2)CC1. The fraction of sp³-hybridized carbons (Fsp3) is 0.609. The lowest BCUT2D eigenvalue weighted by molar-refractivity contribution is -0.137. The lowest BCUT2D eigenvalue weighted by Crippen LogP contribution is -2.52. The van der Waals surface area contributed by atoms with Crippen LogP contribution in [0.25, 0.3) is 0 Å². The molecule has 5 rings (SSSR count). The molecule has 196 valence electrons. The van der Waals surface area contributed by atoms with Crippen molar-refractivity contribution in [3.05, 3.63) is 41.5 Å². The number of nitrogens with zero attached hydrogens (tertiary/aromatic N) is 4. The van der Waals surface area contributed by atoms with Crippen molar-refractivity contribution in [1.29, 1.82) is 0 Å². The molecule has 3 fully saturated rings. The minimum atomic E-state index is -4.53. The molecule has 2 aromatic rings. The van der Waals surface area contributed by atoms with Gasteiger partial charge in [0.05, 0.1) is 10.5 Å². The summed E-state index contributed by atoms with van der Waals surface area (Å²) in [4.78, 5) is 19.7. The fourth-order valence-electron chi connectivity index (χ4n) is 4.86. The molecule has 0 radical (unpaired) electrons. The van der Waals surface area contributed by atoms with E-state index in [4.69, 9.17) is 0 Å². The predicted octanol–water partition coefficient (Wildman–Crippen LogP) is 3.44. The number of urea groups is 1. The Bertz CT molecular complexity index is 1180. The number of nitrogens with one attached hydrogen (secondary N) is 2. The molecule has 1 aromatic heterocycles. The first-order valence-corrected chi connectivity index (χ1v) is 13.7. The van der Waals surface area contributed by atoms with Crippen molar-refractivity contribution >= 4 is 16.1 Å². The first-order chi connectivity index (χ1) is 17.1. The van der Waals surface area contributed by atoms with E-state index >= 15 is 0 Å². The molecule has 2 amide bonds. The van der Waals surface area contributed by atoms with Gasteiger partial charge < -0.3 is 14.8 Å². The summed E-state index contributed by atoms with van der Waals surface area (Å²) in [6, 6.07) is 2.99. The number of aromatic amines is 1. The van der Waals surface area contributed by atoms with Gasteiger partial charge in [0.25, 0.3) is 0 Å². The van der Waals surface area contributed by atoms with Crippen molar-refractivity contribution in [2.45, 2.75) is 67.5 Å². The number of sulfonamides is 1. The third-order valence-electron chi connectivity index (χ3n) is 7.22. The summed E-state index contributed by atoms with van der Waals surface area (Å²) in [5.41, 5.74) is -0.902. The van der Waals surface area contributed by atoms with Crippen LogP contribution in [0.4, 0.5) is 18.0 Å². The highest BCUT2D eigenvalue weighted by Crippen LogP contribution is 2.38. The Morgan fingerprint density at radius 2 is 1.36 bits per heavy atom. The minimum absolute atomic E-state index is 0.0475. The van der Waals surface area contributed by atoms with Crippen molar-refractivity contribution in [3.8, 4) is 0 Å². The van der Waals surface area contributed by atoms with E-state index in [-0.39, 0.29) is 22.9 Å². The number of hydrogen-bond acceptors (Lipinski definition) is 5. The molecular weight excluding hydrogens is 497 g/mol. The van der Waals surface area contributed by atoms with Crippen LogP contribution in [-0.4, -0.2) is 71.7 Å². The summed E-state index contributed by atoms with van der Waals surface area (Å²) >= 11 is 0. The maximum absolute atomic E-state index is 13.0. The van der Waals surface area contributed by atoms with Crippen LogP contribution in [0.1, 0.15) is 67.6 Å². The Kier molecular flexibility index (Phi) is 6.70. The van der Waals surface area contributed by atoms with Crippen molar-refractivity contribution in [3.63, 3.8) is 0 Å². The van der Waals surface area contributed by atoms with Gasteiger partial charge in [0, 0.05) is 44.1 Å². The number of likely N-dealkylation sites (tertiary alicyclic amines) is 2. The number of amides is 2. The summed E-state index contributed by atoms with van der Waals surface area (Å²) in [5.74, 6) is 2.67. The molecule has 2 N–H and O–H groups in total. The number of aromatic nitrogens is 3. The second-order valence-corrected chi connectivity index (χ2v) is 11.5. The van der Waals surface area contributed by atoms with Gasteiger partial charge in [-0.3, -0.25) is 0 Å². The summed E-state index contributed by atoms with van der Waals surface area (Å²) in [7, 11) is -3.96. The van der Waals surface area contributed by atoms with Gasteiger partial charge in [-0.15, -0.1) is 10.2 Å². The van der Waals surface area contributed by atoms with Crippen LogP contribution in [0.2, 0.25) is 0 Å². The highest BCUT2D eigenvalue weighted by atomic mass is 32.2. The summed E-state index contributed by atoms with van der Waals surface area (Å²) in [5, 5.41) is 8.57. The lowest BCUT2D eigenvalue weighted by atomic mass is 9.96. The number of alkyl halides is 3. The molecule has 2 saturated heterocycles. The van der Waals surface area contributed by atoms with E-state index in [2.05, 4.69) is 19.9 Å². The molecule has 36 heavy (non-hydrogen) atoms. The van der Waals surface area contributed by atoms with Gasteiger partial charge in [-0.1, -0.05) is 0 Å². The number of halogens is 3. The van der Waals surface area contributed by atoms with Gasteiger partial charge in [-0.25, -0.2) is 17.9 Å². The first-order valence-electron chi connectivity index (χ1n) is 12.3. The molecule has 1 saturated carbocycles. The molecule has 0 spiro atoms. The smallest absolute Gasteiger partial charge is 0.328 e. The van der Waals surface area contributed by atoms with Gasteiger partial charge in [-0.2, -0.15) is 13.2 Å². The Morgan fingerprint density at radius 3 is 1.86 bits per heavy atom. The van der Waals surface area contributed by atoms with Crippen LogP contribution in [0.15, 0.2) is 29.2 Å². The average molecular weight is 527 g/mol. The monoisotopic (exact) mass is 526 g/mol. The Hall–Kier alpha value is -2.67. The maximum Gasteiger partial charge on any atom is 0.416 e. The van der Waals surface area contributed by atoms with E-state index in [1.807, 2.05) is 4.90 Å². The van der Waals surface area contributed by atoms with Crippen LogP contribution in [0.3, 0.4) is 0 Å². The van der Waals surface area contributed by atoms with Crippen LogP contribution in [0, 0.1) is 0 Å². The van der Waals surface area contributed by atoms with E-state index in [1.54, 1.807) is 4.90 Å². The van der Waals surface area contributed by atoms with Gasteiger partial charge in [0.2, 0.25) is 10.0 Å². The van der Waals surface area contributed by atoms with Crippen molar-refractivity contribution in [1.82, 2.24) is 29.7 Å². The molecule has 1 aromatic carbocycles. The van der Waals surface area contributed by atoms with E-state index in [9.17, 15) is 26.4 Å². The van der Waals surface area contributed by atoms with Gasteiger partial charge >= 0.3 is 12.2 Å². The van der Waals surface area contributed by atoms with Crippen molar-refractivity contribution in [2.75, 3.05) is 26.2 Å². The van der Waals surface area contributed by atoms with Gasteiger partial charge in [0.15, 0.2) is 0 Å². The number of piperidine rings is 2. The van der Waals surface area contributed by atoms with Crippen molar-refractivity contribution in [2.24, 2.45) is 0 Å². The molecule has 0 atom stereocenters. The lowest BCUT2D eigenvalue weighted by Gasteiger charge is -2.38. The van der Waals surface area contributed by atoms with Crippen LogP contribution in [-0.2, 0) is 16.2 Å². The van der Waals surface area contributed by atoms with Crippen LogP contribution < -0.4 is 4.72 Å². The largest absolute Gasteiger partial charge is 0.416 e. The number of hydrogen-bond donors (Lipinski definition) is 2. The van der Waals surface area contributed by atoms with Crippen molar-refractivity contribution < 1.29 is 26.4 Å². The predicted molar refractivity (Wildman–Crippen MR) is 124 cm³/mol. The standard InChI is InChI=1S/C23H29F3N6O3S/c24-23(25,26)17-3-5-19(6-4-17)36(34,35)30-18-9-13-32(14-10-18)22(33)31-11-7-16(8-12-31)21-27-20(28-29-21)15-1-2-15/h3-6,15-16,18,30H,1-2,7-14H2,(H,27,28,29). The van der Waals surface area contributed by atoms with Crippen LogP contribution in [0.5, 0.6) is 0 Å². The molecule has 3 heterocycles. The minimum Gasteiger partial charge on any atom is -0.328 e. The number of benzene rings is 1. The van der Waals surface area contributed by atoms with E-state index < -0.39 is 21.8 Å². The zero-order chi connectivity index (χ0) is 25.5. The molecule has 0 unspecified atom stereocenters. The third kappa shape index (κ3) is 5.51. The number of H-pyrrole nitrogens is 1. The molecule has 9 nitrogen and oxygen atoms in total. The summed E-state index contributed by atoms with van der Waals surface area (Å²) in [6.07, 6.45) is 0.292. The highest BCUT2D eigenvalue weighted by Gasteiger charge is 2.34. The maximum atomic E-state index is 13.0. The number of rotatable bonds is 5. The third-order valence-corrected chi connectivity index (χ3v) is 8.75. The quantitative estimate of drug-likeness (QED) is 0.620. The fourth-order valence-corrected chi connectivity index (χ4v) is 6.16. The Labute approximate surface area is 207 Å². The second-order valence-electron chi connectivity index (χ2n) is 9.82. The number of carbonyl (C=O) groups excluding carboxylic acids is 1. The Balaban J connectivity index is 1.09. The molecule has 0 bridgehead atoms. The highest BCUT2D eigenvalue weighted by molar-refractivity contribution is 7.89. The second kappa shape index (κ2) is 9.66. The molecule has 2 aliphatic heterocycles. The van der Waals surface area contributed by atoms with E-state index in [0.29, 0.717) is 44.9 Å². The average Bonchev–Trinajstić information content (AvgIpc) is 3.60. The molecule has 3 aliphatic rings. The zero-order valence-electron chi connectivity index (χ0n) is 19.7. The van der Waals surface area contributed by atoms with Gasteiger partial charge in [0.1, 0.15) is 11.6 Å². The van der Waals surface area contributed by atoms with Gasteiger partial charge in [-0.05, 0) is 62.8 Å². The topological polar surface area (TPSA) is 111 Å². The summed E-state index contributed by atoms with van der Waals surface area (Å²) < 4.78 is 66.0. The first kappa shape index (κ1) is 25.0. The summed E-state index contributed by atoms with van der Waals surface area (Å²) in [6.45, 7) is 2.07. The normalized spacial score (nSPS) is 20.6. The van der Waals surface area contributed by atoms with Crippen LogP contribution >= 0.6 is 0 Å². The Morgan fingerprint density at radius 1 is 0.861 bits per heavy atom.